The quantitative estimate of drug-likeness (QED) is 0.362. The molecule has 1 atom stereocenters. The Morgan fingerprint density at radius 3 is 2.64 bits per heavy atom. The predicted octanol–water partition coefficient (Wildman–Crippen LogP) is 3.68. The summed E-state index contributed by atoms with van der Waals surface area (Å²) in [6.07, 6.45) is 1.46. The van der Waals surface area contributed by atoms with E-state index in [1.54, 1.807) is 49.6 Å². The molecule has 1 saturated heterocycles. The van der Waals surface area contributed by atoms with Gasteiger partial charge in [-0.15, -0.1) is 0 Å². The fourth-order valence-electron chi connectivity index (χ4n) is 4.10. The van der Waals surface area contributed by atoms with Crippen molar-refractivity contribution in [1.29, 1.82) is 0 Å². The molecular formula is C25H21NO7. The molecule has 2 aliphatic heterocycles. The summed E-state index contributed by atoms with van der Waals surface area (Å²) in [5, 5.41) is 11.2. The number of ketones is 1. The molecule has 0 bridgehead atoms. The van der Waals surface area contributed by atoms with Crippen molar-refractivity contribution >= 4 is 17.4 Å². The third kappa shape index (κ3) is 3.69. The van der Waals surface area contributed by atoms with Crippen molar-refractivity contribution in [2.45, 2.75) is 12.6 Å². The summed E-state index contributed by atoms with van der Waals surface area (Å²) >= 11 is 0. The van der Waals surface area contributed by atoms with Crippen LogP contribution < -0.4 is 14.2 Å². The average molecular weight is 447 g/mol. The maximum absolute atomic E-state index is 13.1. The van der Waals surface area contributed by atoms with Gasteiger partial charge in [-0.3, -0.25) is 9.59 Å². The van der Waals surface area contributed by atoms with Crippen LogP contribution in [0.25, 0.3) is 5.76 Å². The maximum Gasteiger partial charge on any atom is 0.296 e. The Balaban J connectivity index is 1.59. The number of carbonyl (C=O) groups excluding carboxylic acids is 2. The zero-order chi connectivity index (χ0) is 22.9. The largest absolute Gasteiger partial charge is 0.507 e. The molecule has 0 aliphatic carbocycles. The molecule has 3 aromatic rings. The first-order valence-corrected chi connectivity index (χ1v) is 10.4. The zero-order valence-electron chi connectivity index (χ0n) is 17.8. The number of hydrogen-bond acceptors (Lipinski definition) is 7. The molecule has 2 aliphatic rings. The fourth-order valence-corrected chi connectivity index (χ4v) is 4.10. The first kappa shape index (κ1) is 20.7. The van der Waals surface area contributed by atoms with Crippen molar-refractivity contribution in [3.05, 3.63) is 83.3 Å². The van der Waals surface area contributed by atoms with Gasteiger partial charge in [0.1, 0.15) is 36.5 Å². The fraction of sp³-hybridized carbons (Fsp3) is 0.200. The number of rotatable bonds is 5. The lowest BCUT2D eigenvalue weighted by atomic mass is 9.99. The zero-order valence-corrected chi connectivity index (χ0v) is 17.8. The SMILES string of the molecule is COc1cccc(CN2C(=O)C(=O)/C(=C(\O)c3ccc4c(c3)OCCO4)C2c2ccco2)c1. The Morgan fingerprint density at radius 1 is 1.06 bits per heavy atom. The van der Waals surface area contributed by atoms with E-state index in [1.165, 1.54) is 11.2 Å². The summed E-state index contributed by atoms with van der Waals surface area (Å²) in [5.74, 6) is 0.209. The molecule has 1 N–H and O–H groups in total. The normalized spacial score (nSPS) is 19.1. The first-order chi connectivity index (χ1) is 16.1. The second-order valence-corrected chi connectivity index (χ2v) is 7.65. The highest BCUT2D eigenvalue weighted by Gasteiger charge is 2.47. The lowest BCUT2D eigenvalue weighted by Gasteiger charge is -2.23. The van der Waals surface area contributed by atoms with Gasteiger partial charge in [-0.05, 0) is 48.0 Å². The van der Waals surface area contributed by atoms with Gasteiger partial charge in [0.2, 0.25) is 0 Å². The molecular weight excluding hydrogens is 426 g/mol. The minimum atomic E-state index is -0.889. The number of fused-ring (bicyclic) bond motifs is 1. The average Bonchev–Trinajstić information content (AvgIpc) is 3.46. The van der Waals surface area contributed by atoms with Crippen molar-refractivity contribution < 1.29 is 33.3 Å². The molecule has 1 unspecified atom stereocenters. The van der Waals surface area contributed by atoms with Crippen molar-refractivity contribution in [2.75, 3.05) is 20.3 Å². The number of carbonyl (C=O) groups is 2. The lowest BCUT2D eigenvalue weighted by molar-refractivity contribution is -0.140. The van der Waals surface area contributed by atoms with E-state index in [4.69, 9.17) is 18.6 Å². The van der Waals surface area contributed by atoms with Crippen LogP contribution in [0, 0.1) is 0 Å². The number of methoxy groups -OCH3 is 1. The highest BCUT2D eigenvalue weighted by molar-refractivity contribution is 6.46. The molecule has 168 valence electrons. The molecule has 1 aromatic heterocycles. The summed E-state index contributed by atoms with van der Waals surface area (Å²) in [7, 11) is 1.56. The number of likely N-dealkylation sites (tertiary alicyclic amines) is 1. The predicted molar refractivity (Wildman–Crippen MR) is 117 cm³/mol. The van der Waals surface area contributed by atoms with E-state index in [0.717, 1.165) is 5.56 Å². The topological polar surface area (TPSA) is 98.4 Å². The number of benzene rings is 2. The van der Waals surface area contributed by atoms with Crippen molar-refractivity contribution in [3.63, 3.8) is 0 Å². The molecule has 8 heteroatoms. The van der Waals surface area contributed by atoms with E-state index in [2.05, 4.69) is 0 Å². The van der Waals surface area contributed by atoms with Crippen LogP contribution in [-0.4, -0.2) is 42.0 Å². The summed E-state index contributed by atoms with van der Waals surface area (Å²) in [6.45, 7) is 0.950. The Bertz CT molecular complexity index is 1250. The van der Waals surface area contributed by atoms with E-state index < -0.39 is 17.7 Å². The third-order valence-corrected chi connectivity index (χ3v) is 5.66. The number of amides is 1. The maximum atomic E-state index is 13.1. The standard InChI is InChI=1S/C25H21NO7/c1-30-17-5-2-4-15(12-17)14-26-22(19-6-3-9-31-19)21(24(28)25(26)29)23(27)16-7-8-18-20(13-16)33-11-10-32-18/h2-9,12-13,22,27H,10-11,14H2,1H3/b23-21-. The van der Waals surface area contributed by atoms with Gasteiger partial charge in [0.15, 0.2) is 11.5 Å². The Labute approximate surface area is 189 Å². The first-order valence-electron chi connectivity index (χ1n) is 10.4. The van der Waals surface area contributed by atoms with Gasteiger partial charge in [0.05, 0.1) is 18.9 Å². The summed E-state index contributed by atoms with van der Waals surface area (Å²) < 4.78 is 22.0. The van der Waals surface area contributed by atoms with Gasteiger partial charge in [-0.25, -0.2) is 0 Å². The number of aliphatic hydroxyl groups excluding tert-OH is 1. The van der Waals surface area contributed by atoms with Crippen molar-refractivity contribution in [3.8, 4) is 17.2 Å². The van der Waals surface area contributed by atoms with Crippen LogP contribution >= 0.6 is 0 Å². The highest BCUT2D eigenvalue weighted by Crippen LogP contribution is 2.42. The minimum Gasteiger partial charge on any atom is -0.507 e. The molecule has 0 spiro atoms. The van der Waals surface area contributed by atoms with E-state index in [1.807, 2.05) is 12.1 Å². The van der Waals surface area contributed by atoms with Gasteiger partial charge in [0.25, 0.3) is 11.7 Å². The van der Waals surface area contributed by atoms with Gasteiger partial charge < -0.3 is 28.6 Å². The summed E-state index contributed by atoms with van der Waals surface area (Å²) in [5.41, 5.74) is 1.07. The van der Waals surface area contributed by atoms with Crippen LogP contribution in [-0.2, 0) is 16.1 Å². The Hall–Kier alpha value is -4.20. The van der Waals surface area contributed by atoms with Gasteiger partial charge >= 0.3 is 0 Å². The molecule has 8 nitrogen and oxygen atoms in total. The number of nitrogens with zero attached hydrogens (tertiary/aromatic N) is 1. The smallest absolute Gasteiger partial charge is 0.296 e. The minimum absolute atomic E-state index is 0.0467. The van der Waals surface area contributed by atoms with E-state index >= 15 is 0 Å². The van der Waals surface area contributed by atoms with Crippen LogP contribution in [0.1, 0.15) is 22.9 Å². The van der Waals surface area contributed by atoms with Crippen molar-refractivity contribution in [1.82, 2.24) is 4.90 Å². The lowest BCUT2D eigenvalue weighted by Crippen LogP contribution is -2.29. The van der Waals surface area contributed by atoms with Crippen LogP contribution in [0.4, 0.5) is 0 Å². The molecule has 33 heavy (non-hydrogen) atoms. The molecule has 1 fully saturated rings. The van der Waals surface area contributed by atoms with Gasteiger partial charge in [0, 0.05) is 12.1 Å². The monoisotopic (exact) mass is 447 g/mol. The molecule has 3 heterocycles. The second-order valence-electron chi connectivity index (χ2n) is 7.65. The highest BCUT2D eigenvalue weighted by atomic mass is 16.6. The molecule has 1 amide bonds. The molecule has 0 radical (unpaired) electrons. The Morgan fingerprint density at radius 2 is 1.88 bits per heavy atom. The number of furan rings is 1. The van der Waals surface area contributed by atoms with Crippen LogP contribution in [0.3, 0.4) is 0 Å². The summed E-state index contributed by atoms with van der Waals surface area (Å²) in [6, 6.07) is 14.6. The van der Waals surface area contributed by atoms with E-state index in [9.17, 15) is 14.7 Å². The van der Waals surface area contributed by atoms with Crippen LogP contribution in [0.5, 0.6) is 17.2 Å². The summed E-state index contributed by atoms with van der Waals surface area (Å²) in [4.78, 5) is 27.6. The molecule has 5 rings (SSSR count). The van der Waals surface area contributed by atoms with Gasteiger partial charge in [-0.1, -0.05) is 12.1 Å². The van der Waals surface area contributed by atoms with E-state index in [-0.39, 0.29) is 17.9 Å². The second kappa shape index (κ2) is 8.38. The van der Waals surface area contributed by atoms with Crippen LogP contribution in [0.2, 0.25) is 0 Å². The molecule has 2 aromatic carbocycles. The van der Waals surface area contributed by atoms with E-state index in [0.29, 0.717) is 41.8 Å². The van der Waals surface area contributed by atoms with Gasteiger partial charge in [-0.2, -0.15) is 0 Å². The van der Waals surface area contributed by atoms with Crippen LogP contribution in [0.15, 0.2) is 70.9 Å². The Kier molecular flexibility index (Phi) is 5.26. The number of Topliss-reactive ketones (excluding diaryl/α,β-unsaturated/α-hetero) is 1. The number of aliphatic hydroxyl groups is 1. The number of hydrogen-bond donors (Lipinski definition) is 1. The number of ether oxygens (including phenoxy) is 3. The van der Waals surface area contributed by atoms with Crippen molar-refractivity contribution in [2.24, 2.45) is 0 Å². The molecule has 0 saturated carbocycles. The third-order valence-electron chi connectivity index (χ3n) is 5.66.